The molecule has 0 radical (unpaired) electrons. The molecule has 1 atom stereocenters. The summed E-state index contributed by atoms with van der Waals surface area (Å²) in [4.78, 5) is 11.9. The molecule has 2 aromatic rings. The van der Waals surface area contributed by atoms with Crippen molar-refractivity contribution in [1.82, 2.24) is 15.1 Å². The number of nitrogens with one attached hydrogen (secondary N) is 1. The first-order valence-corrected chi connectivity index (χ1v) is 7.04. The maximum atomic E-state index is 11.9. The highest BCUT2D eigenvalue weighted by Crippen LogP contribution is 2.19. The Morgan fingerprint density at radius 3 is 2.67 bits per heavy atom. The van der Waals surface area contributed by atoms with Crippen molar-refractivity contribution in [2.75, 3.05) is 6.54 Å². The average Bonchev–Trinajstić information content (AvgIpc) is 2.72. The highest BCUT2D eigenvalue weighted by molar-refractivity contribution is 6.30. The van der Waals surface area contributed by atoms with Crippen LogP contribution in [0.25, 0.3) is 0 Å². The van der Waals surface area contributed by atoms with Crippen molar-refractivity contribution in [2.45, 2.75) is 19.4 Å². The van der Waals surface area contributed by atoms with Crippen molar-refractivity contribution < 1.29 is 9.90 Å². The van der Waals surface area contributed by atoms with Gasteiger partial charge in [-0.2, -0.15) is 5.10 Å². The van der Waals surface area contributed by atoms with E-state index in [1.165, 1.54) is 4.68 Å². The molecule has 2 rings (SSSR count). The van der Waals surface area contributed by atoms with E-state index in [2.05, 4.69) is 10.4 Å². The summed E-state index contributed by atoms with van der Waals surface area (Å²) in [6, 6.07) is 9.21. The number of amides is 1. The van der Waals surface area contributed by atoms with Crippen LogP contribution >= 0.6 is 11.6 Å². The van der Waals surface area contributed by atoms with E-state index < -0.39 is 6.10 Å². The first-order chi connectivity index (χ1) is 9.99. The van der Waals surface area contributed by atoms with Crippen LogP contribution in [-0.2, 0) is 18.3 Å². The fourth-order valence-corrected chi connectivity index (χ4v) is 2.34. The van der Waals surface area contributed by atoms with E-state index in [4.69, 9.17) is 11.6 Å². The third kappa shape index (κ3) is 3.83. The average molecular weight is 308 g/mol. The van der Waals surface area contributed by atoms with Crippen LogP contribution in [0.2, 0.25) is 5.15 Å². The Bertz CT molecular complexity index is 625. The van der Waals surface area contributed by atoms with Gasteiger partial charge in [0.05, 0.1) is 18.2 Å². The van der Waals surface area contributed by atoms with Crippen molar-refractivity contribution in [3.05, 3.63) is 52.3 Å². The molecule has 0 aliphatic rings. The van der Waals surface area contributed by atoms with Crippen LogP contribution in [0.4, 0.5) is 0 Å². The van der Waals surface area contributed by atoms with E-state index in [0.717, 1.165) is 11.3 Å². The summed E-state index contributed by atoms with van der Waals surface area (Å²) < 4.78 is 1.54. The molecule has 21 heavy (non-hydrogen) atoms. The number of aliphatic hydroxyl groups excluding tert-OH is 1. The number of aromatic nitrogens is 2. The van der Waals surface area contributed by atoms with Crippen molar-refractivity contribution in [1.29, 1.82) is 0 Å². The van der Waals surface area contributed by atoms with Crippen LogP contribution in [-0.4, -0.2) is 27.3 Å². The number of hydrogen-bond acceptors (Lipinski definition) is 3. The zero-order valence-electron chi connectivity index (χ0n) is 12.0. The quantitative estimate of drug-likeness (QED) is 0.885. The maximum absolute atomic E-state index is 11.9. The Hall–Kier alpha value is -1.85. The molecule has 0 spiro atoms. The number of benzene rings is 1. The van der Waals surface area contributed by atoms with Gasteiger partial charge < -0.3 is 10.4 Å². The van der Waals surface area contributed by atoms with Crippen LogP contribution in [0.5, 0.6) is 0 Å². The summed E-state index contributed by atoms with van der Waals surface area (Å²) >= 11 is 6.09. The summed E-state index contributed by atoms with van der Waals surface area (Å²) in [6.07, 6.45) is -0.569. The van der Waals surface area contributed by atoms with Gasteiger partial charge in [0.2, 0.25) is 5.91 Å². The van der Waals surface area contributed by atoms with Gasteiger partial charge in [0.15, 0.2) is 0 Å². The Balaban J connectivity index is 1.91. The van der Waals surface area contributed by atoms with E-state index in [-0.39, 0.29) is 18.9 Å². The minimum absolute atomic E-state index is 0.153. The Labute approximate surface area is 128 Å². The van der Waals surface area contributed by atoms with Crippen molar-refractivity contribution in [3.8, 4) is 0 Å². The van der Waals surface area contributed by atoms with Gasteiger partial charge in [-0.3, -0.25) is 9.48 Å². The summed E-state index contributed by atoms with van der Waals surface area (Å²) in [7, 11) is 1.73. The second-order valence-electron chi connectivity index (χ2n) is 4.89. The predicted octanol–water partition coefficient (Wildman–Crippen LogP) is 1.77. The molecule has 1 heterocycles. The molecular formula is C15H18ClN3O2. The molecular weight excluding hydrogens is 290 g/mol. The molecule has 5 nitrogen and oxygen atoms in total. The monoisotopic (exact) mass is 307 g/mol. The first-order valence-electron chi connectivity index (χ1n) is 6.66. The van der Waals surface area contributed by atoms with E-state index in [9.17, 15) is 9.90 Å². The number of aliphatic hydroxyl groups is 1. The van der Waals surface area contributed by atoms with Crippen LogP contribution in [0, 0.1) is 6.92 Å². The fourth-order valence-electron chi connectivity index (χ4n) is 2.10. The molecule has 0 aliphatic heterocycles. The molecule has 2 N–H and O–H groups in total. The molecule has 1 unspecified atom stereocenters. The molecule has 0 saturated heterocycles. The van der Waals surface area contributed by atoms with Crippen LogP contribution in [0.1, 0.15) is 22.9 Å². The molecule has 1 amide bonds. The van der Waals surface area contributed by atoms with Crippen molar-refractivity contribution >= 4 is 17.5 Å². The number of carbonyl (C=O) groups excluding carboxylic acids is 1. The van der Waals surface area contributed by atoms with Crippen LogP contribution in [0.3, 0.4) is 0 Å². The minimum Gasteiger partial charge on any atom is -0.387 e. The number of halogens is 1. The fraction of sp³-hybridized carbons (Fsp3) is 0.333. The van der Waals surface area contributed by atoms with Gasteiger partial charge in [-0.25, -0.2) is 0 Å². The van der Waals surface area contributed by atoms with Crippen LogP contribution < -0.4 is 5.32 Å². The SMILES string of the molecule is Cc1nn(C)c(Cl)c1CC(=O)NCC(O)c1ccccc1. The molecule has 1 aromatic carbocycles. The third-order valence-corrected chi connectivity index (χ3v) is 3.76. The van der Waals surface area contributed by atoms with Gasteiger partial charge >= 0.3 is 0 Å². The molecule has 0 aliphatic carbocycles. The van der Waals surface area contributed by atoms with Gasteiger partial charge in [-0.1, -0.05) is 41.9 Å². The van der Waals surface area contributed by atoms with Crippen molar-refractivity contribution in [2.24, 2.45) is 7.05 Å². The Kier molecular flexibility index (Phi) is 4.98. The van der Waals surface area contributed by atoms with Gasteiger partial charge in [-0.15, -0.1) is 0 Å². The second kappa shape index (κ2) is 6.74. The molecule has 112 valence electrons. The summed E-state index contributed by atoms with van der Waals surface area (Å²) in [5, 5.41) is 17.3. The summed E-state index contributed by atoms with van der Waals surface area (Å²) in [5.74, 6) is -0.192. The predicted molar refractivity (Wildman–Crippen MR) is 81.1 cm³/mol. The summed E-state index contributed by atoms with van der Waals surface area (Å²) in [6.45, 7) is 1.98. The highest BCUT2D eigenvalue weighted by atomic mass is 35.5. The lowest BCUT2D eigenvalue weighted by Crippen LogP contribution is -2.29. The summed E-state index contributed by atoms with van der Waals surface area (Å²) in [5.41, 5.74) is 2.22. The standard InChI is InChI=1S/C15H18ClN3O2/c1-10-12(15(16)19(2)18-10)8-14(21)17-9-13(20)11-6-4-3-5-7-11/h3-7,13,20H,8-9H2,1-2H3,(H,17,21). The van der Waals surface area contributed by atoms with E-state index in [1.807, 2.05) is 37.3 Å². The molecule has 6 heteroatoms. The minimum atomic E-state index is -0.722. The Morgan fingerprint density at radius 1 is 1.43 bits per heavy atom. The normalized spacial score (nSPS) is 12.2. The topological polar surface area (TPSA) is 67.2 Å². The molecule has 0 fully saturated rings. The largest absolute Gasteiger partial charge is 0.387 e. The number of nitrogens with zero attached hydrogens (tertiary/aromatic N) is 2. The molecule has 1 aromatic heterocycles. The van der Waals surface area contributed by atoms with Gasteiger partial charge in [-0.05, 0) is 12.5 Å². The number of hydrogen-bond donors (Lipinski definition) is 2. The third-order valence-electron chi connectivity index (χ3n) is 3.28. The smallest absolute Gasteiger partial charge is 0.224 e. The number of rotatable bonds is 5. The zero-order valence-corrected chi connectivity index (χ0v) is 12.8. The zero-order chi connectivity index (χ0) is 15.4. The first kappa shape index (κ1) is 15.5. The second-order valence-corrected chi connectivity index (χ2v) is 5.24. The maximum Gasteiger partial charge on any atom is 0.224 e. The van der Waals surface area contributed by atoms with Crippen LogP contribution in [0.15, 0.2) is 30.3 Å². The lowest BCUT2D eigenvalue weighted by molar-refractivity contribution is -0.120. The lowest BCUT2D eigenvalue weighted by Gasteiger charge is -2.12. The number of carbonyl (C=O) groups is 1. The van der Waals surface area contributed by atoms with E-state index in [1.54, 1.807) is 7.05 Å². The van der Waals surface area contributed by atoms with Crippen molar-refractivity contribution in [3.63, 3.8) is 0 Å². The van der Waals surface area contributed by atoms with Gasteiger partial charge in [0, 0.05) is 19.2 Å². The number of aryl methyl sites for hydroxylation is 2. The van der Waals surface area contributed by atoms with Gasteiger partial charge in [0.1, 0.15) is 5.15 Å². The Morgan fingerprint density at radius 2 is 2.10 bits per heavy atom. The lowest BCUT2D eigenvalue weighted by atomic mass is 10.1. The van der Waals surface area contributed by atoms with E-state index >= 15 is 0 Å². The molecule has 0 saturated carbocycles. The highest BCUT2D eigenvalue weighted by Gasteiger charge is 2.16. The van der Waals surface area contributed by atoms with E-state index in [0.29, 0.717) is 10.7 Å². The van der Waals surface area contributed by atoms with Gasteiger partial charge in [0.25, 0.3) is 0 Å². The molecule has 0 bridgehead atoms.